The van der Waals surface area contributed by atoms with E-state index in [4.69, 9.17) is 9.72 Å². The largest absolute Gasteiger partial charge is 1.00 e. The van der Waals surface area contributed by atoms with Gasteiger partial charge in [-0.2, -0.15) is 4.57 Å². The number of imidazole rings is 1. The molecule has 0 aliphatic rings. The Morgan fingerprint density at radius 1 is 0.537 bits per heavy atom. The van der Waals surface area contributed by atoms with Crippen molar-refractivity contribution < 1.29 is 33.3 Å². The van der Waals surface area contributed by atoms with Gasteiger partial charge in [0.25, 0.3) is 0 Å². The summed E-state index contributed by atoms with van der Waals surface area (Å²) in [6.07, 6.45) is 4.04. The minimum absolute atomic E-state index is 0. The van der Waals surface area contributed by atoms with E-state index in [1.807, 2.05) is 18.3 Å². The average molecular weight is 816 g/mol. The Bertz CT molecular complexity index is 3000. The molecular weight excluding hydrogens is 777 g/mol. The Morgan fingerprint density at radius 3 is 1.96 bits per heavy atom. The summed E-state index contributed by atoms with van der Waals surface area (Å²) >= 11 is 0. The van der Waals surface area contributed by atoms with Crippen molar-refractivity contribution in [2.75, 3.05) is 0 Å². The minimum atomic E-state index is -0.0263. The highest BCUT2D eigenvalue weighted by molar-refractivity contribution is 6.12. The summed E-state index contributed by atoms with van der Waals surface area (Å²) in [7, 11) is 2.07. The van der Waals surface area contributed by atoms with Crippen LogP contribution < -0.4 is 33.3 Å². The molecule has 10 aromatic rings. The molecule has 54 heavy (non-hydrogen) atoms. The zero-order chi connectivity index (χ0) is 35.8. The fourth-order valence-corrected chi connectivity index (χ4v) is 7.95. The highest BCUT2D eigenvalue weighted by Gasteiger charge is 2.21. The van der Waals surface area contributed by atoms with Gasteiger partial charge in [-0.15, -0.1) is 0 Å². The molecule has 0 bridgehead atoms. The summed E-state index contributed by atoms with van der Waals surface area (Å²) in [6.45, 7) is 6.73. The highest BCUT2D eigenvalue weighted by Crippen LogP contribution is 2.39. The van der Waals surface area contributed by atoms with Gasteiger partial charge in [-0.05, 0) is 89.8 Å². The quantitative estimate of drug-likeness (QED) is 0.130. The molecule has 0 spiro atoms. The van der Waals surface area contributed by atoms with Crippen molar-refractivity contribution in [2.24, 2.45) is 7.05 Å². The second kappa shape index (κ2) is 12.9. The molecular formula is C47H38IN5O. The van der Waals surface area contributed by atoms with Crippen LogP contribution in [0.1, 0.15) is 26.3 Å². The first-order chi connectivity index (χ1) is 25.8. The second-order valence-corrected chi connectivity index (χ2v) is 14.9. The van der Waals surface area contributed by atoms with E-state index in [0.717, 1.165) is 56.0 Å². The summed E-state index contributed by atoms with van der Waals surface area (Å²) in [6, 6.07) is 51.6. The number of para-hydroxylation sites is 4. The third-order valence-corrected chi connectivity index (χ3v) is 10.5. The monoisotopic (exact) mass is 815 g/mol. The van der Waals surface area contributed by atoms with Crippen molar-refractivity contribution >= 4 is 54.6 Å². The van der Waals surface area contributed by atoms with Crippen molar-refractivity contribution in [1.29, 1.82) is 0 Å². The molecule has 0 saturated heterocycles. The van der Waals surface area contributed by atoms with E-state index < -0.39 is 0 Å². The van der Waals surface area contributed by atoms with E-state index in [2.05, 4.69) is 186 Å². The molecule has 0 aliphatic heterocycles. The lowest BCUT2D eigenvalue weighted by atomic mass is 9.88. The molecule has 0 aliphatic carbocycles. The van der Waals surface area contributed by atoms with Gasteiger partial charge in [0.05, 0.1) is 29.1 Å². The van der Waals surface area contributed by atoms with Crippen LogP contribution in [0.5, 0.6) is 11.5 Å². The molecule has 7 heteroatoms. The molecule has 264 valence electrons. The molecule has 4 heterocycles. The maximum absolute atomic E-state index is 6.65. The Kier molecular flexibility index (Phi) is 8.08. The Balaban J connectivity index is 0.00000384. The summed E-state index contributed by atoms with van der Waals surface area (Å²) in [5.74, 6) is 2.41. The molecule has 0 radical (unpaired) electrons. The van der Waals surface area contributed by atoms with Crippen LogP contribution in [0.15, 0.2) is 158 Å². The third kappa shape index (κ3) is 5.45. The van der Waals surface area contributed by atoms with Gasteiger partial charge in [0, 0.05) is 45.6 Å². The number of halogens is 1. The Labute approximate surface area is 330 Å². The SMILES string of the molecule is C[n+]1cn(-c2cccc(Oc3ccc4c5cc(-n6c7ccccc7c7ccccc76)ccc5n(-c5cc(C(C)(C)C)ccn5)c4c3)c2)c2ccccc21.[I-]. The van der Waals surface area contributed by atoms with Crippen molar-refractivity contribution in [2.45, 2.75) is 26.2 Å². The third-order valence-electron chi connectivity index (χ3n) is 10.5. The molecule has 0 amide bonds. The maximum atomic E-state index is 6.65. The lowest BCUT2D eigenvalue weighted by molar-refractivity contribution is -0.645. The normalized spacial score (nSPS) is 11.9. The van der Waals surface area contributed by atoms with E-state index in [0.29, 0.717) is 0 Å². The maximum Gasteiger partial charge on any atom is 0.249 e. The predicted octanol–water partition coefficient (Wildman–Crippen LogP) is 8.14. The van der Waals surface area contributed by atoms with Crippen LogP contribution in [-0.2, 0) is 12.5 Å². The molecule has 6 nitrogen and oxygen atoms in total. The zero-order valence-electron chi connectivity index (χ0n) is 30.5. The van der Waals surface area contributed by atoms with E-state index in [1.54, 1.807) is 0 Å². The van der Waals surface area contributed by atoms with Gasteiger partial charge in [0.15, 0.2) is 11.0 Å². The molecule has 0 N–H and O–H groups in total. The number of nitrogens with zero attached hydrogens (tertiary/aromatic N) is 5. The topological polar surface area (TPSA) is 40.8 Å². The number of hydrogen-bond acceptors (Lipinski definition) is 2. The smallest absolute Gasteiger partial charge is 0.249 e. The Hall–Kier alpha value is -5.93. The van der Waals surface area contributed by atoms with Gasteiger partial charge in [0.1, 0.15) is 23.0 Å². The number of pyridine rings is 1. The van der Waals surface area contributed by atoms with Crippen molar-refractivity contribution in [3.8, 4) is 28.7 Å². The zero-order valence-corrected chi connectivity index (χ0v) is 32.7. The number of aromatic nitrogens is 5. The van der Waals surface area contributed by atoms with Crippen LogP contribution in [0.4, 0.5) is 0 Å². The molecule has 0 atom stereocenters. The molecule has 10 rings (SSSR count). The first-order valence-corrected chi connectivity index (χ1v) is 18.1. The van der Waals surface area contributed by atoms with Gasteiger partial charge in [-0.3, -0.25) is 4.57 Å². The van der Waals surface area contributed by atoms with Crippen LogP contribution in [0.25, 0.3) is 71.8 Å². The van der Waals surface area contributed by atoms with Crippen LogP contribution >= 0.6 is 0 Å². The molecule has 4 aromatic heterocycles. The first kappa shape index (κ1) is 33.9. The van der Waals surface area contributed by atoms with E-state index in [-0.39, 0.29) is 29.4 Å². The molecule has 0 fully saturated rings. The second-order valence-electron chi connectivity index (χ2n) is 14.9. The first-order valence-electron chi connectivity index (χ1n) is 18.1. The van der Waals surface area contributed by atoms with Gasteiger partial charge in [-0.1, -0.05) is 75.4 Å². The van der Waals surface area contributed by atoms with Crippen LogP contribution in [0.3, 0.4) is 0 Å². The number of fused-ring (bicyclic) bond motifs is 7. The van der Waals surface area contributed by atoms with E-state index in [9.17, 15) is 0 Å². The van der Waals surface area contributed by atoms with Crippen molar-refractivity contribution in [3.05, 3.63) is 164 Å². The van der Waals surface area contributed by atoms with E-state index in [1.165, 1.54) is 32.9 Å². The highest BCUT2D eigenvalue weighted by atomic mass is 127. The summed E-state index contributed by atoms with van der Waals surface area (Å²) in [5.41, 5.74) is 10.2. The van der Waals surface area contributed by atoms with Gasteiger partial charge in [0.2, 0.25) is 6.33 Å². The number of aryl methyl sites for hydroxylation is 1. The van der Waals surface area contributed by atoms with Crippen molar-refractivity contribution in [3.63, 3.8) is 0 Å². The standard InChI is InChI=1S/C47H38N5O.HI/c1-47(2,3)31-24-25-48-46(26-31)52-42-23-20-33(51-40-16-7-5-14-36(40)37-15-6-8-17-41(37)51)28-39(42)38-22-21-35(29-45(38)52)53-34-13-11-12-32(27-34)50-30-49(4)43-18-9-10-19-44(43)50;/h5-30H,1-4H3;1H/q+1;/p-1. The van der Waals surface area contributed by atoms with Crippen LogP contribution in [0, 0.1) is 0 Å². The van der Waals surface area contributed by atoms with Crippen molar-refractivity contribution in [1.82, 2.24) is 18.7 Å². The summed E-state index contributed by atoms with van der Waals surface area (Å²) in [4.78, 5) is 4.95. The number of rotatable bonds is 5. The van der Waals surface area contributed by atoms with Gasteiger partial charge in [-0.25, -0.2) is 9.55 Å². The number of benzene rings is 6. The average Bonchev–Trinajstić information content (AvgIpc) is 3.81. The Morgan fingerprint density at radius 2 is 1.20 bits per heavy atom. The fraction of sp³-hybridized carbons (Fsp3) is 0.106. The fourth-order valence-electron chi connectivity index (χ4n) is 7.95. The predicted molar refractivity (Wildman–Crippen MR) is 216 cm³/mol. The molecule has 6 aromatic carbocycles. The molecule has 0 unspecified atom stereocenters. The lowest BCUT2D eigenvalue weighted by Crippen LogP contribution is -3.00. The van der Waals surface area contributed by atoms with Gasteiger partial charge < -0.3 is 33.3 Å². The number of hydrogen-bond donors (Lipinski definition) is 0. The minimum Gasteiger partial charge on any atom is -1.00 e. The number of ether oxygens (including phenoxy) is 1. The van der Waals surface area contributed by atoms with Gasteiger partial charge >= 0.3 is 0 Å². The van der Waals surface area contributed by atoms with Crippen LogP contribution in [-0.4, -0.2) is 18.7 Å². The van der Waals surface area contributed by atoms with E-state index >= 15 is 0 Å². The lowest BCUT2D eigenvalue weighted by Gasteiger charge is -2.20. The molecule has 0 saturated carbocycles. The van der Waals surface area contributed by atoms with Crippen LogP contribution in [0.2, 0.25) is 0 Å². The summed E-state index contributed by atoms with van der Waals surface area (Å²) in [5, 5.41) is 4.79. The summed E-state index contributed by atoms with van der Waals surface area (Å²) < 4.78 is 15.7.